The molecule has 1 amide bonds. The first kappa shape index (κ1) is 13.8. The Labute approximate surface area is 104 Å². The van der Waals surface area contributed by atoms with Crippen LogP contribution in [0, 0.1) is 0 Å². The average Bonchev–Trinajstić information content (AvgIpc) is 2.57. The number of carbonyl (C=O) groups is 1. The van der Waals surface area contributed by atoms with Gasteiger partial charge in [0.05, 0.1) is 5.75 Å². The van der Waals surface area contributed by atoms with Crippen LogP contribution >= 0.6 is 11.8 Å². The highest BCUT2D eigenvalue weighted by atomic mass is 32.2. The Morgan fingerprint density at radius 2 is 2.29 bits per heavy atom. The first-order valence-electron chi connectivity index (χ1n) is 5.62. The van der Waals surface area contributed by atoms with Crippen LogP contribution in [0.15, 0.2) is 9.95 Å². The van der Waals surface area contributed by atoms with Crippen LogP contribution in [-0.4, -0.2) is 32.5 Å². The second-order valence-corrected chi connectivity index (χ2v) is 4.92. The summed E-state index contributed by atoms with van der Waals surface area (Å²) in [5.74, 6) is 0.218. The summed E-state index contributed by atoms with van der Waals surface area (Å²) in [6, 6.07) is 0.125. The van der Waals surface area contributed by atoms with Gasteiger partial charge in [-0.05, 0) is 20.3 Å². The largest absolute Gasteiger partial charge is 0.353 e. The van der Waals surface area contributed by atoms with Crippen LogP contribution in [0.1, 0.15) is 27.2 Å². The molecule has 1 aromatic heterocycles. The van der Waals surface area contributed by atoms with Crippen molar-refractivity contribution in [2.45, 2.75) is 44.9 Å². The van der Waals surface area contributed by atoms with Crippen molar-refractivity contribution < 1.29 is 4.79 Å². The van der Waals surface area contributed by atoms with Gasteiger partial charge in [0.25, 0.3) is 0 Å². The van der Waals surface area contributed by atoms with E-state index in [0.29, 0.717) is 11.7 Å². The normalized spacial score (nSPS) is 10.8. The highest BCUT2D eigenvalue weighted by molar-refractivity contribution is 7.99. The predicted molar refractivity (Wildman–Crippen MR) is 67.1 cm³/mol. The van der Waals surface area contributed by atoms with Crippen LogP contribution in [-0.2, 0) is 11.3 Å². The molecule has 1 heterocycles. The maximum Gasteiger partial charge on any atom is 0.343 e. The van der Waals surface area contributed by atoms with Gasteiger partial charge in [-0.2, -0.15) is 0 Å². The van der Waals surface area contributed by atoms with Crippen molar-refractivity contribution in [1.29, 1.82) is 0 Å². The van der Waals surface area contributed by atoms with Gasteiger partial charge in [0.1, 0.15) is 0 Å². The van der Waals surface area contributed by atoms with Crippen LogP contribution < -0.4 is 11.0 Å². The van der Waals surface area contributed by atoms with E-state index in [9.17, 15) is 9.59 Å². The maximum absolute atomic E-state index is 11.4. The number of amides is 1. The van der Waals surface area contributed by atoms with Gasteiger partial charge in [0.15, 0.2) is 5.16 Å². The van der Waals surface area contributed by atoms with Gasteiger partial charge in [-0.1, -0.05) is 18.7 Å². The number of H-pyrrole nitrogens is 1. The SMILES string of the molecule is CCCn1c(SCC(=O)NC(C)C)n[nH]c1=O. The van der Waals surface area contributed by atoms with Crippen LogP contribution in [0.4, 0.5) is 0 Å². The summed E-state index contributed by atoms with van der Waals surface area (Å²) in [6.45, 7) is 6.41. The summed E-state index contributed by atoms with van der Waals surface area (Å²) in [5.41, 5.74) is -0.224. The molecule has 0 atom stereocenters. The van der Waals surface area contributed by atoms with Crippen molar-refractivity contribution in [3.63, 3.8) is 0 Å². The molecule has 7 heteroatoms. The van der Waals surface area contributed by atoms with Gasteiger partial charge in [-0.25, -0.2) is 9.89 Å². The molecule has 1 rings (SSSR count). The summed E-state index contributed by atoms with van der Waals surface area (Å²) < 4.78 is 1.55. The number of thioether (sulfide) groups is 1. The van der Waals surface area contributed by atoms with Gasteiger partial charge >= 0.3 is 5.69 Å². The Balaban J connectivity index is 2.57. The summed E-state index contributed by atoms with van der Waals surface area (Å²) in [6.07, 6.45) is 0.852. The highest BCUT2D eigenvalue weighted by Crippen LogP contribution is 2.12. The molecule has 0 aromatic carbocycles. The quantitative estimate of drug-likeness (QED) is 0.732. The fourth-order valence-corrected chi connectivity index (χ4v) is 2.11. The number of aromatic nitrogens is 3. The number of rotatable bonds is 6. The van der Waals surface area contributed by atoms with Crippen molar-refractivity contribution in [1.82, 2.24) is 20.1 Å². The van der Waals surface area contributed by atoms with E-state index in [0.717, 1.165) is 6.42 Å². The minimum atomic E-state index is -0.224. The molecule has 6 nitrogen and oxygen atoms in total. The molecule has 0 aliphatic rings. The fourth-order valence-electron chi connectivity index (χ4n) is 1.33. The molecule has 0 radical (unpaired) electrons. The Kier molecular flexibility index (Phi) is 5.27. The molecule has 0 fully saturated rings. The first-order chi connectivity index (χ1) is 8.04. The van der Waals surface area contributed by atoms with Gasteiger partial charge in [0.2, 0.25) is 5.91 Å². The van der Waals surface area contributed by atoms with Gasteiger partial charge in [-0.3, -0.25) is 9.36 Å². The minimum absolute atomic E-state index is 0.0523. The third kappa shape index (κ3) is 4.26. The lowest BCUT2D eigenvalue weighted by Crippen LogP contribution is -2.31. The van der Waals surface area contributed by atoms with E-state index in [1.807, 2.05) is 20.8 Å². The van der Waals surface area contributed by atoms with Crippen molar-refractivity contribution in [2.24, 2.45) is 0 Å². The lowest BCUT2D eigenvalue weighted by molar-refractivity contribution is -0.119. The molecule has 2 N–H and O–H groups in total. The zero-order chi connectivity index (χ0) is 12.8. The molecular weight excluding hydrogens is 240 g/mol. The molecule has 0 aliphatic heterocycles. The number of hydrogen-bond donors (Lipinski definition) is 2. The standard InChI is InChI=1S/C10H18N4O2S/c1-4-5-14-9(16)12-13-10(14)17-6-8(15)11-7(2)3/h7H,4-6H2,1-3H3,(H,11,15)(H,12,16). The number of nitrogens with zero attached hydrogens (tertiary/aromatic N) is 2. The smallest absolute Gasteiger partial charge is 0.343 e. The molecule has 0 aliphatic carbocycles. The van der Waals surface area contributed by atoms with Crippen molar-refractivity contribution in [3.8, 4) is 0 Å². The minimum Gasteiger partial charge on any atom is -0.353 e. The third-order valence-corrected chi connectivity index (χ3v) is 2.93. The van der Waals surface area contributed by atoms with Crippen LogP contribution in [0.3, 0.4) is 0 Å². The van der Waals surface area contributed by atoms with Gasteiger partial charge in [0, 0.05) is 12.6 Å². The first-order valence-corrected chi connectivity index (χ1v) is 6.60. The number of hydrogen-bond acceptors (Lipinski definition) is 4. The monoisotopic (exact) mass is 258 g/mol. The molecule has 0 saturated carbocycles. The van der Waals surface area contributed by atoms with Gasteiger partial charge < -0.3 is 5.32 Å². The van der Waals surface area contributed by atoms with E-state index in [1.54, 1.807) is 4.57 Å². The predicted octanol–water partition coefficient (Wildman–Crippen LogP) is 0.598. The fraction of sp³-hybridized carbons (Fsp3) is 0.700. The Morgan fingerprint density at radius 3 is 2.88 bits per heavy atom. The van der Waals surface area contributed by atoms with E-state index in [2.05, 4.69) is 15.5 Å². The van der Waals surface area contributed by atoms with Crippen molar-refractivity contribution in [2.75, 3.05) is 5.75 Å². The lowest BCUT2D eigenvalue weighted by Gasteiger charge is -2.07. The van der Waals surface area contributed by atoms with E-state index in [-0.39, 0.29) is 23.4 Å². The third-order valence-electron chi connectivity index (χ3n) is 1.95. The van der Waals surface area contributed by atoms with Crippen molar-refractivity contribution >= 4 is 17.7 Å². The molecule has 17 heavy (non-hydrogen) atoms. The second-order valence-electron chi connectivity index (χ2n) is 3.97. The number of aromatic amines is 1. The Morgan fingerprint density at radius 1 is 1.59 bits per heavy atom. The summed E-state index contributed by atoms with van der Waals surface area (Å²) >= 11 is 1.27. The Hall–Kier alpha value is -1.24. The topological polar surface area (TPSA) is 79.8 Å². The highest BCUT2D eigenvalue weighted by Gasteiger charge is 2.10. The summed E-state index contributed by atoms with van der Waals surface area (Å²) in [5, 5.41) is 9.64. The Bertz CT molecular complexity index is 424. The lowest BCUT2D eigenvalue weighted by atomic mass is 10.4. The van der Waals surface area contributed by atoms with E-state index in [1.165, 1.54) is 11.8 Å². The molecule has 0 saturated heterocycles. The molecule has 0 bridgehead atoms. The molecule has 0 unspecified atom stereocenters. The summed E-state index contributed by atoms with van der Waals surface area (Å²) in [7, 11) is 0. The average molecular weight is 258 g/mol. The number of nitrogens with one attached hydrogen (secondary N) is 2. The van der Waals surface area contributed by atoms with E-state index in [4.69, 9.17) is 0 Å². The van der Waals surface area contributed by atoms with E-state index < -0.39 is 0 Å². The van der Waals surface area contributed by atoms with Crippen LogP contribution in [0.25, 0.3) is 0 Å². The molecule has 0 spiro atoms. The summed E-state index contributed by atoms with van der Waals surface area (Å²) in [4.78, 5) is 22.8. The molecule has 96 valence electrons. The zero-order valence-electron chi connectivity index (χ0n) is 10.3. The molecular formula is C10H18N4O2S. The van der Waals surface area contributed by atoms with Crippen LogP contribution in [0.2, 0.25) is 0 Å². The van der Waals surface area contributed by atoms with Gasteiger partial charge in [-0.15, -0.1) is 5.10 Å². The van der Waals surface area contributed by atoms with Crippen molar-refractivity contribution in [3.05, 3.63) is 10.5 Å². The van der Waals surface area contributed by atoms with Crippen LogP contribution in [0.5, 0.6) is 0 Å². The second kappa shape index (κ2) is 6.48. The van der Waals surface area contributed by atoms with E-state index >= 15 is 0 Å². The zero-order valence-corrected chi connectivity index (χ0v) is 11.1. The molecule has 1 aromatic rings. The number of carbonyl (C=O) groups excluding carboxylic acids is 1. The maximum atomic E-state index is 11.4.